The van der Waals surface area contributed by atoms with Crippen LogP contribution < -0.4 is 10.6 Å². The maximum Gasteiger partial charge on any atom is 0.0610 e. The Kier molecular flexibility index (Phi) is 1.80. The van der Waals surface area contributed by atoms with Gasteiger partial charge in [-0.05, 0) is 13.8 Å². The van der Waals surface area contributed by atoms with E-state index >= 15 is 0 Å². The number of hydrogen-bond acceptors (Lipinski definition) is 3. The highest BCUT2D eigenvalue weighted by Gasteiger charge is 2.19. The maximum absolute atomic E-state index is 3.31. The van der Waals surface area contributed by atoms with Gasteiger partial charge in [-0.25, -0.2) is 0 Å². The van der Waals surface area contributed by atoms with E-state index in [4.69, 9.17) is 0 Å². The minimum Gasteiger partial charge on any atom is -0.295 e. The molecule has 2 N–H and O–H groups in total. The van der Waals surface area contributed by atoms with E-state index in [1.165, 1.54) is 0 Å². The average Bonchev–Trinajstić information content (AvgIpc) is 1.65. The quantitative estimate of drug-likeness (QED) is 0.503. The molecule has 48 valence electrons. The molecular formula is C5H12N2S. The van der Waals surface area contributed by atoms with E-state index in [1.54, 1.807) is 0 Å². The summed E-state index contributed by atoms with van der Waals surface area (Å²) in [5.41, 5.74) is 0. The monoisotopic (exact) mass is 132 g/mol. The van der Waals surface area contributed by atoms with Gasteiger partial charge in [0.2, 0.25) is 0 Å². The molecule has 1 fully saturated rings. The van der Waals surface area contributed by atoms with Crippen molar-refractivity contribution >= 4 is 11.8 Å². The summed E-state index contributed by atoms with van der Waals surface area (Å²) in [4.78, 5) is 0.283. The third kappa shape index (κ3) is 1.65. The van der Waals surface area contributed by atoms with Crippen LogP contribution in [0.3, 0.4) is 0 Å². The molecule has 0 aromatic heterocycles. The summed E-state index contributed by atoms with van der Waals surface area (Å²) in [6.07, 6.45) is 0. The molecule has 0 atom stereocenters. The van der Waals surface area contributed by atoms with Crippen LogP contribution in [0, 0.1) is 0 Å². The molecule has 1 aliphatic heterocycles. The Morgan fingerprint density at radius 1 is 1.50 bits per heavy atom. The molecule has 0 radical (unpaired) electrons. The normalized spacial score (nSPS) is 27.8. The molecule has 0 unspecified atom stereocenters. The lowest BCUT2D eigenvalue weighted by Gasteiger charge is -2.30. The standard InChI is InChI=1S/C5H12N2S/c1-5(2)7-3-6-4-8-5/h6-7H,3-4H2,1-2H3. The second-order valence-electron chi connectivity index (χ2n) is 2.40. The van der Waals surface area contributed by atoms with Crippen molar-refractivity contribution in [1.82, 2.24) is 10.6 Å². The van der Waals surface area contributed by atoms with Crippen molar-refractivity contribution in [3.05, 3.63) is 0 Å². The van der Waals surface area contributed by atoms with E-state index in [0.717, 1.165) is 12.5 Å². The van der Waals surface area contributed by atoms with E-state index in [0.29, 0.717) is 0 Å². The Morgan fingerprint density at radius 2 is 2.25 bits per heavy atom. The van der Waals surface area contributed by atoms with Crippen molar-refractivity contribution in [2.45, 2.75) is 18.7 Å². The van der Waals surface area contributed by atoms with Crippen molar-refractivity contribution in [2.24, 2.45) is 0 Å². The molecule has 0 aromatic carbocycles. The van der Waals surface area contributed by atoms with Crippen molar-refractivity contribution < 1.29 is 0 Å². The fraction of sp³-hybridized carbons (Fsp3) is 1.00. The lowest BCUT2D eigenvalue weighted by atomic mass is 10.4. The Balaban J connectivity index is 2.33. The van der Waals surface area contributed by atoms with Crippen LogP contribution in [0.2, 0.25) is 0 Å². The van der Waals surface area contributed by atoms with Crippen LogP contribution in [0.25, 0.3) is 0 Å². The van der Waals surface area contributed by atoms with Crippen LogP contribution >= 0.6 is 11.8 Å². The molecule has 1 saturated heterocycles. The van der Waals surface area contributed by atoms with Crippen LogP contribution in [0.15, 0.2) is 0 Å². The number of hydrogen-bond donors (Lipinski definition) is 2. The fourth-order valence-corrected chi connectivity index (χ4v) is 1.35. The zero-order valence-corrected chi connectivity index (χ0v) is 6.14. The molecule has 8 heavy (non-hydrogen) atoms. The first-order valence-corrected chi connectivity index (χ1v) is 3.79. The summed E-state index contributed by atoms with van der Waals surface area (Å²) in [7, 11) is 0. The van der Waals surface area contributed by atoms with Crippen LogP contribution in [-0.2, 0) is 0 Å². The van der Waals surface area contributed by atoms with Crippen molar-refractivity contribution in [3.63, 3.8) is 0 Å². The number of rotatable bonds is 0. The second-order valence-corrected chi connectivity index (χ2v) is 4.00. The highest BCUT2D eigenvalue weighted by atomic mass is 32.2. The molecule has 0 amide bonds. The molecule has 0 aliphatic carbocycles. The minimum atomic E-state index is 0.283. The largest absolute Gasteiger partial charge is 0.295 e. The Hall–Kier alpha value is 0.270. The molecule has 1 heterocycles. The summed E-state index contributed by atoms with van der Waals surface area (Å²) in [5.74, 6) is 1.07. The third-order valence-corrected chi connectivity index (χ3v) is 2.39. The van der Waals surface area contributed by atoms with Crippen molar-refractivity contribution in [3.8, 4) is 0 Å². The minimum absolute atomic E-state index is 0.283. The molecule has 1 rings (SSSR count). The van der Waals surface area contributed by atoms with Gasteiger partial charge in [-0.1, -0.05) is 0 Å². The zero-order valence-electron chi connectivity index (χ0n) is 5.32. The van der Waals surface area contributed by atoms with E-state index < -0.39 is 0 Å². The van der Waals surface area contributed by atoms with Gasteiger partial charge in [0.15, 0.2) is 0 Å². The van der Waals surface area contributed by atoms with Crippen molar-refractivity contribution in [2.75, 3.05) is 12.5 Å². The first-order valence-electron chi connectivity index (χ1n) is 2.80. The van der Waals surface area contributed by atoms with Gasteiger partial charge in [0.05, 0.1) is 4.87 Å². The molecule has 1 aliphatic rings. The average molecular weight is 132 g/mol. The summed E-state index contributed by atoms with van der Waals surface area (Å²) in [6.45, 7) is 5.33. The van der Waals surface area contributed by atoms with Gasteiger partial charge >= 0.3 is 0 Å². The van der Waals surface area contributed by atoms with Crippen molar-refractivity contribution in [1.29, 1.82) is 0 Å². The van der Waals surface area contributed by atoms with Gasteiger partial charge in [0.1, 0.15) is 0 Å². The van der Waals surface area contributed by atoms with Gasteiger partial charge in [0.25, 0.3) is 0 Å². The van der Waals surface area contributed by atoms with Crippen LogP contribution in [0.4, 0.5) is 0 Å². The Bertz CT molecular complexity index is 74.5. The smallest absolute Gasteiger partial charge is 0.0610 e. The topological polar surface area (TPSA) is 24.1 Å². The maximum atomic E-state index is 3.31. The predicted octanol–water partition coefficient (Wildman–Crippen LogP) is 0.564. The van der Waals surface area contributed by atoms with E-state index in [9.17, 15) is 0 Å². The van der Waals surface area contributed by atoms with Gasteiger partial charge in [-0.2, -0.15) is 0 Å². The van der Waals surface area contributed by atoms with Crippen LogP contribution in [0.1, 0.15) is 13.8 Å². The van der Waals surface area contributed by atoms with Gasteiger partial charge in [-0.3, -0.25) is 10.6 Å². The molecule has 0 spiro atoms. The van der Waals surface area contributed by atoms with E-state index in [2.05, 4.69) is 24.5 Å². The summed E-state index contributed by atoms with van der Waals surface area (Å²) < 4.78 is 0. The lowest BCUT2D eigenvalue weighted by molar-refractivity contribution is 0.491. The van der Waals surface area contributed by atoms with E-state index in [-0.39, 0.29) is 4.87 Å². The fourth-order valence-electron chi connectivity index (χ4n) is 0.609. The first-order chi connectivity index (χ1) is 3.71. The molecule has 0 aromatic rings. The molecule has 0 bridgehead atoms. The Labute approximate surface area is 54.4 Å². The molecule has 0 saturated carbocycles. The van der Waals surface area contributed by atoms with Crippen LogP contribution in [0.5, 0.6) is 0 Å². The molecular weight excluding hydrogens is 120 g/mol. The molecule has 3 heteroatoms. The Morgan fingerprint density at radius 3 is 2.50 bits per heavy atom. The molecule has 2 nitrogen and oxygen atoms in total. The number of thioether (sulfide) groups is 1. The highest BCUT2D eigenvalue weighted by molar-refractivity contribution is 8.00. The predicted molar refractivity (Wildman–Crippen MR) is 37.7 cm³/mol. The van der Waals surface area contributed by atoms with Crippen LogP contribution in [-0.4, -0.2) is 17.4 Å². The number of nitrogens with one attached hydrogen (secondary N) is 2. The van der Waals surface area contributed by atoms with Gasteiger partial charge in [0, 0.05) is 12.5 Å². The zero-order chi connectivity index (χ0) is 6.04. The summed E-state index contributed by atoms with van der Waals surface area (Å²) in [5, 5.41) is 6.50. The van der Waals surface area contributed by atoms with E-state index in [1.807, 2.05) is 11.8 Å². The third-order valence-electron chi connectivity index (χ3n) is 1.17. The first kappa shape index (κ1) is 6.39. The SMILES string of the molecule is CC1(C)NCNCS1. The highest BCUT2D eigenvalue weighted by Crippen LogP contribution is 2.20. The van der Waals surface area contributed by atoms with Gasteiger partial charge < -0.3 is 0 Å². The second kappa shape index (κ2) is 2.25. The summed E-state index contributed by atoms with van der Waals surface area (Å²) in [6, 6.07) is 0. The summed E-state index contributed by atoms with van der Waals surface area (Å²) >= 11 is 1.90. The lowest BCUT2D eigenvalue weighted by Crippen LogP contribution is -2.47. The van der Waals surface area contributed by atoms with Gasteiger partial charge in [-0.15, -0.1) is 11.8 Å².